The van der Waals surface area contributed by atoms with Crippen molar-refractivity contribution < 1.29 is 9.18 Å². The van der Waals surface area contributed by atoms with Crippen molar-refractivity contribution in [2.24, 2.45) is 0 Å². The summed E-state index contributed by atoms with van der Waals surface area (Å²) in [5.74, 6) is -0.465. The van der Waals surface area contributed by atoms with Gasteiger partial charge in [-0.15, -0.1) is 0 Å². The van der Waals surface area contributed by atoms with Crippen molar-refractivity contribution in [3.05, 3.63) is 83.4 Å². The van der Waals surface area contributed by atoms with Crippen molar-refractivity contribution in [2.45, 2.75) is 13.5 Å². The molecule has 1 aromatic heterocycles. The quantitative estimate of drug-likeness (QED) is 0.800. The van der Waals surface area contributed by atoms with Crippen molar-refractivity contribution in [2.75, 3.05) is 5.32 Å². The molecule has 0 radical (unpaired) electrons. The molecular formula is C18H16FN3O. The summed E-state index contributed by atoms with van der Waals surface area (Å²) in [5, 5.41) is 6.94. The van der Waals surface area contributed by atoms with Gasteiger partial charge in [-0.3, -0.25) is 9.48 Å². The number of rotatable bonds is 4. The van der Waals surface area contributed by atoms with Crippen LogP contribution in [0.2, 0.25) is 0 Å². The number of carbonyl (C=O) groups is 1. The molecule has 0 unspecified atom stereocenters. The number of benzene rings is 2. The third kappa shape index (κ3) is 3.63. The van der Waals surface area contributed by atoms with Gasteiger partial charge >= 0.3 is 0 Å². The molecule has 3 rings (SSSR count). The predicted molar refractivity (Wildman–Crippen MR) is 86.9 cm³/mol. The molecule has 3 aromatic rings. The summed E-state index contributed by atoms with van der Waals surface area (Å²) in [7, 11) is 0. The molecule has 0 spiro atoms. The maximum atomic E-state index is 13.6. The van der Waals surface area contributed by atoms with Gasteiger partial charge in [-0.25, -0.2) is 4.39 Å². The lowest BCUT2D eigenvalue weighted by atomic mass is 10.1. The van der Waals surface area contributed by atoms with Gasteiger partial charge in [-0.2, -0.15) is 5.10 Å². The molecule has 0 atom stereocenters. The van der Waals surface area contributed by atoms with E-state index >= 15 is 0 Å². The highest BCUT2D eigenvalue weighted by atomic mass is 19.1. The number of halogens is 1. The summed E-state index contributed by atoms with van der Waals surface area (Å²) in [4.78, 5) is 12.2. The molecule has 1 heterocycles. The number of nitrogens with zero attached hydrogens (tertiary/aromatic N) is 2. The molecule has 23 heavy (non-hydrogen) atoms. The van der Waals surface area contributed by atoms with Gasteiger partial charge < -0.3 is 5.32 Å². The second kappa shape index (κ2) is 6.44. The van der Waals surface area contributed by atoms with Crippen LogP contribution in [-0.4, -0.2) is 15.7 Å². The molecule has 1 N–H and O–H groups in total. The Labute approximate surface area is 133 Å². The molecule has 0 fully saturated rings. The number of hydrogen-bond acceptors (Lipinski definition) is 2. The second-order valence-corrected chi connectivity index (χ2v) is 5.34. The van der Waals surface area contributed by atoms with Gasteiger partial charge in [0.15, 0.2) is 0 Å². The van der Waals surface area contributed by atoms with Crippen LogP contribution in [0.1, 0.15) is 21.5 Å². The van der Waals surface area contributed by atoms with Crippen LogP contribution < -0.4 is 5.32 Å². The van der Waals surface area contributed by atoms with Gasteiger partial charge in [0.1, 0.15) is 5.82 Å². The molecule has 0 aliphatic heterocycles. The number of hydrogen-bond donors (Lipinski definition) is 1. The molecule has 1 amide bonds. The van der Waals surface area contributed by atoms with Gasteiger partial charge in [0.05, 0.1) is 18.4 Å². The average Bonchev–Trinajstić information content (AvgIpc) is 2.97. The summed E-state index contributed by atoms with van der Waals surface area (Å²) in [6.07, 6.45) is 3.23. The van der Waals surface area contributed by atoms with Gasteiger partial charge in [0, 0.05) is 17.3 Å². The Morgan fingerprint density at radius 3 is 2.83 bits per heavy atom. The monoisotopic (exact) mass is 309 g/mol. The topological polar surface area (TPSA) is 46.9 Å². The highest BCUT2D eigenvalue weighted by Crippen LogP contribution is 2.12. The van der Waals surface area contributed by atoms with Crippen molar-refractivity contribution >= 4 is 11.6 Å². The second-order valence-electron chi connectivity index (χ2n) is 5.34. The molecule has 0 aliphatic carbocycles. The van der Waals surface area contributed by atoms with Crippen molar-refractivity contribution in [1.29, 1.82) is 0 Å². The Morgan fingerprint density at radius 2 is 2.04 bits per heavy atom. The molecule has 5 heteroatoms. The average molecular weight is 309 g/mol. The zero-order valence-corrected chi connectivity index (χ0v) is 12.7. The zero-order valence-electron chi connectivity index (χ0n) is 12.7. The van der Waals surface area contributed by atoms with Crippen molar-refractivity contribution in [3.8, 4) is 0 Å². The summed E-state index contributed by atoms with van der Waals surface area (Å²) in [6, 6.07) is 13.9. The van der Waals surface area contributed by atoms with Crippen LogP contribution in [0.15, 0.2) is 60.9 Å². The molecule has 0 aliphatic rings. The van der Waals surface area contributed by atoms with E-state index in [4.69, 9.17) is 0 Å². The SMILES string of the molecule is Cc1cccc(C(=O)Nc2cnn(Cc3ccccc3F)c2)c1. The lowest BCUT2D eigenvalue weighted by molar-refractivity contribution is 0.102. The van der Waals surface area contributed by atoms with Gasteiger partial charge in [0.2, 0.25) is 0 Å². The Hall–Kier alpha value is -2.95. The Kier molecular flexibility index (Phi) is 4.19. The van der Waals surface area contributed by atoms with Gasteiger partial charge in [0.25, 0.3) is 5.91 Å². The first-order valence-corrected chi connectivity index (χ1v) is 7.26. The summed E-state index contributed by atoms with van der Waals surface area (Å²) in [5.41, 5.74) is 2.74. The van der Waals surface area contributed by atoms with Crippen LogP contribution in [0.5, 0.6) is 0 Å². The van der Waals surface area contributed by atoms with E-state index in [-0.39, 0.29) is 11.7 Å². The largest absolute Gasteiger partial charge is 0.319 e. The van der Waals surface area contributed by atoms with Crippen LogP contribution >= 0.6 is 0 Å². The van der Waals surface area contributed by atoms with E-state index in [1.54, 1.807) is 41.3 Å². The highest BCUT2D eigenvalue weighted by molar-refractivity contribution is 6.04. The number of nitrogens with one attached hydrogen (secondary N) is 1. The smallest absolute Gasteiger partial charge is 0.255 e. The van der Waals surface area contributed by atoms with Crippen molar-refractivity contribution in [3.63, 3.8) is 0 Å². The Morgan fingerprint density at radius 1 is 1.22 bits per heavy atom. The first kappa shape index (κ1) is 15.0. The van der Waals surface area contributed by atoms with Crippen LogP contribution in [0, 0.1) is 12.7 Å². The van der Waals surface area contributed by atoms with E-state index in [9.17, 15) is 9.18 Å². The van der Waals surface area contributed by atoms with Gasteiger partial charge in [-0.05, 0) is 25.1 Å². The first-order valence-electron chi connectivity index (χ1n) is 7.26. The van der Waals surface area contributed by atoms with E-state index in [1.807, 2.05) is 25.1 Å². The van der Waals surface area contributed by atoms with Gasteiger partial charge in [-0.1, -0.05) is 35.9 Å². The minimum atomic E-state index is -0.270. The Balaban J connectivity index is 1.70. The normalized spacial score (nSPS) is 10.5. The number of aromatic nitrogens is 2. The molecule has 4 nitrogen and oxygen atoms in total. The minimum Gasteiger partial charge on any atom is -0.319 e. The van der Waals surface area contributed by atoms with Crippen LogP contribution in [-0.2, 0) is 6.54 Å². The predicted octanol–water partition coefficient (Wildman–Crippen LogP) is 3.63. The number of aryl methyl sites for hydroxylation is 1. The highest BCUT2D eigenvalue weighted by Gasteiger charge is 2.08. The maximum Gasteiger partial charge on any atom is 0.255 e. The third-order valence-corrected chi connectivity index (χ3v) is 3.46. The van der Waals surface area contributed by atoms with Crippen LogP contribution in [0.4, 0.5) is 10.1 Å². The molecule has 0 saturated carbocycles. The molecule has 116 valence electrons. The number of amides is 1. The number of carbonyl (C=O) groups excluding carboxylic acids is 1. The third-order valence-electron chi connectivity index (χ3n) is 3.46. The number of anilines is 1. The van der Waals surface area contributed by atoms with E-state index in [0.717, 1.165) is 5.56 Å². The first-order chi connectivity index (χ1) is 11.1. The zero-order chi connectivity index (χ0) is 16.2. The molecule has 0 saturated heterocycles. The van der Waals surface area contributed by atoms with E-state index in [2.05, 4.69) is 10.4 Å². The summed E-state index contributed by atoms with van der Waals surface area (Å²) >= 11 is 0. The standard InChI is InChI=1S/C18H16FN3O/c1-13-5-4-7-14(9-13)18(23)21-16-10-20-22(12-16)11-15-6-2-3-8-17(15)19/h2-10,12H,11H2,1H3,(H,21,23). The lowest BCUT2D eigenvalue weighted by Gasteiger charge is -2.04. The molecule has 2 aromatic carbocycles. The van der Waals surface area contributed by atoms with Crippen LogP contribution in [0.3, 0.4) is 0 Å². The fourth-order valence-electron chi connectivity index (χ4n) is 2.31. The molecule has 0 bridgehead atoms. The lowest BCUT2D eigenvalue weighted by Crippen LogP contribution is -2.11. The van der Waals surface area contributed by atoms with Crippen LogP contribution in [0.25, 0.3) is 0 Å². The summed E-state index contributed by atoms with van der Waals surface area (Å²) < 4.78 is 15.2. The fraction of sp³-hybridized carbons (Fsp3) is 0.111. The Bertz CT molecular complexity index is 842. The minimum absolute atomic E-state index is 0.195. The van der Waals surface area contributed by atoms with E-state index in [0.29, 0.717) is 23.4 Å². The fourth-order valence-corrected chi connectivity index (χ4v) is 2.31. The van der Waals surface area contributed by atoms with E-state index < -0.39 is 0 Å². The van der Waals surface area contributed by atoms with Crippen molar-refractivity contribution in [1.82, 2.24) is 9.78 Å². The maximum absolute atomic E-state index is 13.6. The van der Waals surface area contributed by atoms with E-state index in [1.165, 1.54) is 6.07 Å². The summed E-state index contributed by atoms with van der Waals surface area (Å²) in [6.45, 7) is 2.25. The molecular weight excluding hydrogens is 293 g/mol.